The van der Waals surface area contributed by atoms with Gasteiger partial charge >= 0.3 is 5.97 Å². The maximum atomic E-state index is 12.8. The van der Waals surface area contributed by atoms with Crippen molar-refractivity contribution in [3.05, 3.63) is 0 Å². The van der Waals surface area contributed by atoms with Crippen molar-refractivity contribution in [1.29, 1.82) is 0 Å². The molecule has 0 radical (unpaired) electrons. The number of amides is 1. The van der Waals surface area contributed by atoms with E-state index in [0.717, 1.165) is 44.9 Å². The number of piperidine rings is 1. The number of likely N-dealkylation sites (tertiary alicyclic amines) is 1. The Hall–Kier alpha value is -1.06. The Morgan fingerprint density at radius 2 is 1.79 bits per heavy atom. The van der Waals surface area contributed by atoms with E-state index in [1.54, 1.807) is 4.90 Å². The molecule has 1 saturated heterocycles. The number of carbonyl (C=O) groups excluding carboxylic acids is 2. The molecule has 1 aliphatic carbocycles. The topological polar surface area (TPSA) is 46.6 Å². The van der Waals surface area contributed by atoms with Crippen molar-refractivity contribution in [2.45, 2.75) is 64.3 Å². The number of esters is 1. The number of hydrogen-bond donors (Lipinski definition) is 0. The van der Waals surface area contributed by atoms with Gasteiger partial charge in [0.05, 0.1) is 7.11 Å². The van der Waals surface area contributed by atoms with E-state index >= 15 is 0 Å². The summed E-state index contributed by atoms with van der Waals surface area (Å²) in [7, 11) is 1.40. The molecular weight excluding hydrogens is 242 g/mol. The van der Waals surface area contributed by atoms with Crippen LogP contribution in [0.3, 0.4) is 0 Å². The lowest BCUT2D eigenvalue weighted by Crippen LogP contribution is -2.53. The highest BCUT2D eigenvalue weighted by Gasteiger charge is 2.42. The number of methoxy groups -OCH3 is 1. The van der Waals surface area contributed by atoms with Gasteiger partial charge in [0.2, 0.25) is 5.91 Å². The van der Waals surface area contributed by atoms with Crippen molar-refractivity contribution in [2.75, 3.05) is 13.7 Å². The molecule has 1 atom stereocenters. The Labute approximate surface area is 115 Å². The molecular formula is C15H25NO3. The third-order valence-electron chi connectivity index (χ3n) is 4.71. The largest absolute Gasteiger partial charge is 0.467 e. The Morgan fingerprint density at radius 3 is 2.42 bits per heavy atom. The van der Waals surface area contributed by atoms with E-state index in [9.17, 15) is 9.59 Å². The van der Waals surface area contributed by atoms with E-state index in [1.807, 2.05) is 0 Å². The van der Waals surface area contributed by atoms with Crippen molar-refractivity contribution in [2.24, 2.45) is 5.41 Å². The average molecular weight is 267 g/mol. The summed E-state index contributed by atoms with van der Waals surface area (Å²) in [5.74, 6) is -0.0882. The first-order valence-electron chi connectivity index (χ1n) is 7.47. The zero-order valence-corrected chi connectivity index (χ0v) is 12.1. The van der Waals surface area contributed by atoms with E-state index in [2.05, 4.69) is 6.92 Å². The predicted molar refractivity (Wildman–Crippen MR) is 72.6 cm³/mol. The Balaban J connectivity index is 2.12. The van der Waals surface area contributed by atoms with Crippen LogP contribution in [0.5, 0.6) is 0 Å². The quantitative estimate of drug-likeness (QED) is 0.722. The van der Waals surface area contributed by atoms with Crippen LogP contribution < -0.4 is 0 Å². The van der Waals surface area contributed by atoms with Crippen molar-refractivity contribution >= 4 is 11.9 Å². The maximum Gasteiger partial charge on any atom is 0.328 e. The van der Waals surface area contributed by atoms with Crippen molar-refractivity contribution in [3.63, 3.8) is 0 Å². The molecule has 0 aromatic rings. The molecule has 0 bridgehead atoms. The Bertz CT molecular complexity index is 347. The van der Waals surface area contributed by atoms with Gasteiger partial charge in [-0.3, -0.25) is 4.79 Å². The minimum Gasteiger partial charge on any atom is -0.467 e. The van der Waals surface area contributed by atoms with Gasteiger partial charge in [-0.25, -0.2) is 4.79 Å². The van der Waals surface area contributed by atoms with E-state index in [1.165, 1.54) is 13.5 Å². The fraction of sp³-hybridized carbons (Fsp3) is 0.867. The molecule has 2 rings (SSSR count). The standard InChI is InChI=1S/C15H25NO3/c1-15(9-5-3-6-10-15)14(18)16-11-7-4-8-12(16)13(17)19-2/h12H,3-11H2,1-2H3. The second-order valence-electron chi connectivity index (χ2n) is 6.15. The van der Waals surface area contributed by atoms with Gasteiger partial charge in [-0.2, -0.15) is 0 Å². The van der Waals surface area contributed by atoms with Crippen LogP contribution in [0.15, 0.2) is 0 Å². The molecule has 1 amide bonds. The van der Waals surface area contributed by atoms with Crippen LogP contribution in [0.1, 0.15) is 58.3 Å². The molecule has 19 heavy (non-hydrogen) atoms. The maximum absolute atomic E-state index is 12.8. The average Bonchev–Trinajstić information content (AvgIpc) is 2.46. The zero-order chi connectivity index (χ0) is 13.9. The van der Waals surface area contributed by atoms with Gasteiger partial charge in [0.15, 0.2) is 0 Å². The van der Waals surface area contributed by atoms with Crippen molar-refractivity contribution in [1.82, 2.24) is 4.90 Å². The Morgan fingerprint density at radius 1 is 1.11 bits per heavy atom. The molecule has 0 aromatic carbocycles. The van der Waals surface area contributed by atoms with E-state index in [4.69, 9.17) is 4.74 Å². The van der Waals surface area contributed by atoms with Gasteiger partial charge in [0.25, 0.3) is 0 Å². The smallest absolute Gasteiger partial charge is 0.328 e. The van der Waals surface area contributed by atoms with Crippen LogP contribution in [0.25, 0.3) is 0 Å². The van der Waals surface area contributed by atoms with Crippen LogP contribution >= 0.6 is 0 Å². The molecule has 1 unspecified atom stereocenters. The zero-order valence-electron chi connectivity index (χ0n) is 12.1. The summed E-state index contributed by atoms with van der Waals surface area (Å²) in [6.07, 6.45) is 8.12. The highest BCUT2D eigenvalue weighted by molar-refractivity contribution is 5.88. The summed E-state index contributed by atoms with van der Waals surface area (Å²) in [6.45, 7) is 2.77. The predicted octanol–water partition coefficient (Wildman–Crippen LogP) is 2.51. The number of nitrogens with zero attached hydrogens (tertiary/aromatic N) is 1. The molecule has 4 nitrogen and oxygen atoms in total. The van der Waals surface area contributed by atoms with Gasteiger partial charge < -0.3 is 9.64 Å². The lowest BCUT2D eigenvalue weighted by atomic mass is 9.74. The second kappa shape index (κ2) is 5.93. The van der Waals surface area contributed by atoms with Gasteiger partial charge in [0.1, 0.15) is 6.04 Å². The first-order valence-corrected chi connectivity index (χ1v) is 7.47. The summed E-state index contributed by atoms with van der Waals surface area (Å²) < 4.78 is 4.86. The lowest BCUT2D eigenvalue weighted by molar-refractivity contribution is -0.159. The number of rotatable bonds is 2. The summed E-state index contributed by atoms with van der Waals surface area (Å²) in [5.41, 5.74) is -0.262. The third kappa shape index (κ3) is 2.93. The fourth-order valence-electron chi connectivity index (χ4n) is 3.45. The van der Waals surface area contributed by atoms with Gasteiger partial charge in [-0.05, 0) is 32.1 Å². The van der Waals surface area contributed by atoms with Crippen LogP contribution in [-0.4, -0.2) is 36.5 Å². The normalized spacial score (nSPS) is 26.8. The van der Waals surface area contributed by atoms with E-state index < -0.39 is 0 Å². The Kier molecular flexibility index (Phi) is 4.48. The number of ether oxygens (including phenoxy) is 1. The molecule has 0 N–H and O–H groups in total. The fourth-order valence-corrected chi connectivity index (χ4v) is 3.45. The second-order valence-corrected chi connectivity index (χ2v) is 6.15. The summed E-state index contributed by atoms with van der Waals surface area (Å²) in [5, 5.41) is 0. The SMILES string of the molecule is COC(=O)C1CCCCN1C(=O)C1(C)CCCCC1. The minimum absolute atomic E-state index is 0.169. The van der Waals surface area contributed by atoms with Gasteiger partial charge in [-0.15, -0.1) is 0 Å². The lowest BCUT2D eigenvalue weighted by Gasteiger charge is -2.41. The first kappa shape index (κ1) is 14.4. The van der Waals surface area contributed by atoms with Crippen LogP contribution in [0.4, 0.5) is 0 Å². The molecule has 1 heterocycles. The summed E-state index contributed by atoms with van der Waals surface area (Å²) in [6, 6.07) is -0.356. The molecule has 2 fully saturated rings. The number of hydrogen-bond acceptors (Lipinski definition) is 3. The van der Waals surface area contributed by atoms with Crippen LogP contribution in [0, 0.1) is 5.41 Å². The van der Waals surface area contributed by atoms with E-state index in [-0.39, 0.29) is 23.3 Å². The van der Waals surface area contributed by atoms with Crippen molar-refractivity contribution in [3.8, 4) is 0 Å². The molecule has 4 heteroatoms. The molecule has 1 saturated carbocycles. The first-order chi connectivity index (χ1) is 9.08. The molecule has 108 valence electrons. The van der Waals surface area contributed by atoms with Gasteiger partial charge in [-0.1, -0.05) is 26.2 Å². The van der Waals surface area contributed by atoms with E-state index in [0.29, 0.717) is 6.54 Å². The number of carbonyl (C=O) groups is 2. The van der Waals surface area contributed by atoms with Crippen LogP contribution in [-0.2, 0) is 14.3 Å². The monoisotopic (exact) mass is 267 g/mol. The summed E-state index contributed by atoms with van der Waals surface area (Å²) in [4.78, 5) is 26.5. The molecule has 0 spiro atoms. The molecule has 1 aliphatic heterocycles. The summed E-state index contributed by atoms with van der Waals surface area (Å²) >= 11 is 0. The van der Waals surface area contributed by atoms with Crippen molar-refractivity contribution < 1.29 is 14.3 Å². The molecule has 2 aliphatic rings. The van der Waals surface area contributed by atoms with Gasteiger partial charge in [0, 0.05) is 12.0 Å². The van der Waals surface area contributed by atoms with Crippen LogP contribution in [0.2, 0.25) is 0 Å². The highest BCUT2D eigenvalue weighted by Crippen LogP contribution is 2.38. The highest BCUT2D eigenvalue weighted by atomic mass is 16.5. The molecule has 0 aromatic heterocycles. The third-order valence-corrected chi connectivity index (χ3v) is 4.71. The minimum atomic E-state index is -0.356.